The molecule has 0 aliphatic heterocycles. The lowest BCUT2D eigenvalue weighted by atomic mass is 9.87. The number of ether oxygens (including phenoxy) is 1. The SMILES string of the molecule is CCC(C)OC1CCC(C(=O)O)CC1. The zero-order chi connectivity index (χ0) is 10.6. The minimum Gasteiger partial charge on any atom is -0.481 e. The van der Waals surface area contributed by atoms with Crippen molar-refractivity contribution in [2.45, 2.75) is 58.2 Å². The second-order valence-corrected chi connectivity index (χ2v) is 4.17. The first-order valence-electron chi connectivity index (χ1n) is 5.51. The van der Waals surface area contributed by atoms with E-state index in [4.69, 9.17) is 9.84 Å². The van der Waals surface area contributed by atoms with Gasteiger partial charge in [-0.25, -0.2) is 0 Å². The molecule has 0 aromatic heterocycles. The van der Waals surface area contributed by atoms with Gasteiger partial charge in [0.05, 0.1) is 18.1 Å². The summed E-state index contributed by atoms with van der Waals surface area (Å²) in [5.74, 6) is -0.779. The van der Waals surface area contributed by atoms with Crippen molar-refractivity contribution in [2.75, 3.05) is 0 Å². The van der Waals surface area contributed by atoms with Crippen LogP contribution in [0.1, 0.15) is 46.0 Å². The summed E-state index contributed by atoms with van der Waals surface area (Å²) in [6.07, 6.45) is 4.98. The maximum atomic E-state index is 10.7. The third-order valence-electron chi connectivity index (χ3n) is 3.02. The molecule has 0 radical (unpaired) electrons. The van der Waals surface area contributed by atoms with E-state index in [1.165, 1.54) is 0 Å². The van der Waals surface area contributed by atoms with E-state index in [9.17, 15) is 4.79 Å². The van der Waals surface area contributed by atoms with E-state index in [1.54, 1.807) is 0 Å². The van der Waals surface area contributed by atoms with E-state index < -0.39 is 5.97 Å². The van der Waals surface area contributed by atoms with Crippen LogP contribution in [0.2, 0.25) is 0 Å². The lowest BCUT2D eigenvalue weighted by Gasteiger charge is -2.28. The Labute approximate surface area is 85.5 Å². The topological polar surface area (TPSA) is 46.5 Å². The third-order valence-corrected chi connectivity index (χ3v) is 3.02. The lowest BCUT2D eigenvalue weighted by molar-refractivity contribution is -0.144. The van der Waals surface area contributed by atoms with Crippen molar-refractivity contribution in [1.82, 2.24) is 0 Å². The van der Waals surface area contributed by atoms with Crippen LogP contribution < -0.4 is 0 Å². The molecule has 0 amide bonds. The van der Waals surface area contributed by atoms with Crippen LogP contribution in [0.5, 0.6) is 0 Å². The second-order valence-electron chi connectivity index (χ2n) is 4.17. The Kier molecular flexibility index (Phi) is 4.39. The predicted molar refractivity (Wildman–Crippen MR) is 54.2 cm³/mol. The van der Waals surface area contributed by atoms with Gasteiger partial charge in [0.25, 0.3) is 0 Å². The fourth-order valence-corrected chi connectivity index (χ4v) is 1.87. The van der Waals surface area contributed by atoms with Crippen molar-refractivity contribution >= 4 is 5.97 Å². The van der Waals surface area contributed by atoms with Crippen molar-refractivity contribution in [3.05, 3.63) is 0 Å². The molecule has 1 fully saturated rings. The molecule has 0 saturated heterocycles. The number of carboxylic acids is 1. The summed E-state index contributed by atoms with van der Waals surface area (Å²) in [6, 6.07) is 0. The van der Waals surface area contributed by atoms with Crippen molar-refractivity contribution in [3.63, 3.8) is 0 Å². The van der Waals surface area contributed by atoms with E-state index in [0.29, 0.717) is 12.2 Å². The van der Waals surface area contributed by atoms with Crippen LogP contribution in [-0.4, -0.2) is 23.3 Å². The van der Waals surface area contributed by atoms with E-state index in [2.05, 4.69) is 13.8 Å². The predicted octanol–water partition coefficient (Wildman–Crippen LogP) is 2.44. The standard InChI is InChI=1S/C11H20O3/c1-3-8(2)14-10-6-4-9(5-7-10)11(12)13/h8-10H,3-7H2,1-2H3,(H,12,13). The highest BCUT2D eigenvalue weighted by Gasteiger charge is 2.26. The summed E-state index contributed by atoms with van der Waals surface area (Å²) in [4.78, 5) is 10.7. The highest BCUT2D eigenvalue weighted by molar-refractivity contribution is 5.69. The summed E-state index contributed by atoms with van der Waals surface area (Å²) < 4.78 is 5.78. The molecule has 1 unspecified atom stereocenters. The molecule has 1 saturated carbocycles. The first-order chi connectivity index (χ1) is 6.63. The molecule has 1 atom stereocenters. The lowest BCUT2D eigenvalue weighted by Crippen LogP contribution is -2.28. The van der Waals surface area contributed by atoms with E-state index in [0.717, 1.165) is 32.1 Å². The average Bonchev–Trinajstić information content (AvgIpc) is 2.18. The fourth-order valence-electron chi connectivity index (χ4n) is 1.87. The third kappa shape index (κ3) is 3.29. The molecule has 0 spiro atoms. The van der Waals surface area contributed by atoms with Gasteiger partial charge >= 0.3 is 5.97 Å². The summed E-state index contributed by atoms with van der Waals surface area (Å²) in [5.41, 5.74) is 0. The van der Waals surface area contributed by atoms with Crippen LogP contribution >= 0.6 is 0 Å². The van der Waals surface area contributed by atoms with Crippen molar-refractivity contribution in [3.8, 4) is 0 Å². The van der Waals surface area contributed by atoms with Gasteiger partial charge in [0.15, 0.2) is 0 Å². The molecule has 1 aliphatic carbocycles. The van der Waals surface area contributed by atoms with Crippen LogP contribution in [0.15, 0.2) is 0 Å². The Morgan fingerprint density at radius 1 is 1.43 bits per heavy atom. The smallest absolute Gasteiger partial charge is 0.306 e. The molecule has 0 heterocycles. The summed E-state index contributed by atoms with van der Waals surface area (Å²) in [7, 11) is 0. The molecular weight excluding hydrogens is 180 g/mol. The van der Waals surface area contributed by atoms with E-state index >= 15 is 0 Å². The maximum Gasteiger partial charge on any atom is 0.306 e. The number of aliphatic carboxylic acids is 1. The molecule has 82 valence electrons. The van der Waals surface area contributed by atoms with Gasteiger partial charge in [-0.3, -0.25) is 4.79 Å². The normalized spacial score (nSPS) is 29.9. The van der Waals surface area contributed by atoms with Gasteiger partial charge in [-0.2, -0.15) is 0 Å². The van der Waals surface area contributed by atoms with Gasteiger partial charge in [0.2, 0.25) is 0 Å². The maximum absolute atomic E-state index is 10.7. The first-order valence-corrected chi connectivity index (χ1v) is 5.51. The average molecular weight is 200 g/mol. The Hall–Kier alpha value is -0.570. The quantitative estimate of drug-likeness (QED) is 0.758. The molecule has 1 N–H and O–H groups in total. The number of hydrogen-bond donors (Lipinski definition) is 1. The molecule has 1 aliphatic rings. The molecular formula is C11H20O3. The summed E-state index contributed by atoms with van der Waals surface area (Å²) in [5, 5.41) is 8.81. The minimum atomic E-state index is -0.646. The highest BCUT2D eigenvalue weighted by Crippen LogP contribution is 2.27. The van der Waals surface area contributed by atoms with E-state index in [1.807, 2.05) is 0 Å². The Morgan fingerprint density at radius 3 is 2.43 bits per heavy atom. The van der Waals surface area contributed by atoms with Gasteiger partial charge in [0.1, 0.15) is 0 Å². The van der Waals surface area contributed by atoms with Crippen molar-refractivity contribution in [1.29, 1.82) is 0 Å². The minimum absolute atomic E-state index is 0.133. The van der Waals surface area contributed by atoms with Gasteiger partial charge in [-0.15, -0.1) is 0 Å². The van der Waals surface area contributed by atoms with Gasteiger partial charge in [0, 0.05) is 0 Å². The number of carboxylic acid groups (broad SMARTS) is 1. The largest absolute Gasteiger partial charge is 0.481 e. The fraction of sp³-hybridized carbons (Fsp3) is 0.909. The van der Waals surface area contributed by atoms with Crippen LogP contribution in [0.25, 0.3) is 0 Å². The van der Waals surface area contributed by atoms with E-state index in [-0.39, 0.29) is 5.92 Å². The molecule has 3 nitrogen and oxygen atoms in total. The number of rotatable bonds is 4. The van der Waals surface area contributed by atoms with Crippen LogP contribution in [-0.2, 0) is 9.53 Å². The Bertz CT molecular complexity index is 183. The Balaban J connectivity index is 2.25. The molecule has 14 heavy (non-hydrogen) atoms. The molecule has 0 aromatic rings. The highest BCUT2D eigenvalue weighted by atomic mass is 16.5. The monoisotopic (exact) mass is 200 g/mol. The second kappa shape index (κ2) is 5.35. The van der Waals surface area contributed by atoms with Crippen molar-refractivity contribution in [2.24, 2.45) is 5.92 Å². The molecule has 0 bridgehead atoms. The van der Waals surface area contributed by atoms with Crippen LogP contribution in [0, 0.1) is 5.92 Å². The number of carbonyl (C=O) groups is 1. The molecule has 3 heteroatoms. The van der Waals surface area contributed by atoms with Crippen LogP contribution in [0.3, 0.4) is 0 Å². The Morgan fingerprint density at radius 2 is 2.00 bits per heavy atom. The van der Waals surface area contributed by atoms with Crippen molar-refractivity contribution < 1.29 is 14.6 Å². The molecule has 1 rings (SSSR count). The van der Waals surface area contributed by atoms with Gasteiger partial charge < -0.3 is 9.84 Å². The molecule has 0 aromatic carbocycles. The van der Waals surface area contributed by atoms with Crippen LogP contribution in [0.4, 0.5) is 0 Å². The zero-order valence-corrected chi connectivity index (χ0v) is 9.03. The first kappa shape index (κ1) is 11.5. The summed E-state index contributed by atoms with van der Waals surface area (Å²) in [6.45, 7) is 4.18. The zero-order valence-electron chi connectivity index (χ0n) is 9.03. The number of hydrogen-bond acceptors (Lipinski definition) is 2. The van der Waals surface area contributed by atoms with Gasteiger partial charge in [-0.1, -0.05) is 6.92 Å². The summed E-state index contributed by atoms with van der Waals surface area (Å²) >= 11 is 0. The van der Waals surface area contributed by atoms with Gasteiger partial charge in [-0.05, 0) is 39.0 Å².